The number of likely N-dealkylation sites (N-methyl/N-ethyl adjacent to an activating group) is 1. The third-order valence-electron chi connectivity index (χ3n) is 4.67. The van der Waals surface area contributed by atoms with Gasteiger partial charge in [-0.05, 0) is 63.4 Å². The second kappa shape index (κ2) is 17.2. The van der Waals surface area contributed by atoms with Gasteiger partial charge in [0.1, 0.15) is 5.75 Å². The van der Waals surface area contributed by atoms with Crippen molar-refractivity contribution in [1.29, 1.82) is 0 Å². The molecule has 2 aromatic rings. The highest BCUT2D eigenvalue weighted by Crippen LogP contribution is 2.38. The Morgan fingerprint density at radius 1 is 1.28 bits per heavy atom. The third kappa shape index (κ3) is 9.81. The topological polar surface area (TPSA) is 59.6 Å². The number of rotatable bonds is 10. The number of methoxy groups -OCH3 is 1. The molecule has 6 heteroatoms. The Morgan fingerprint density at radius 2 is 2.09 bits per heavy atom. The molecule has 1 aromatic carbocycles. The Labute approximate surface area is 197 Å². The van der Waals surface area contributed by atoms with Crippen LogP contribution in [0.4, 0.5) is 5.00 Å². The number of thiophene rings is 1. The van der Waals surface area contributed by atoms with E-state index in [0.717, 1.165) is 60.8 Å². The summed E-state index contributed by atoms with van der Waals surface area (Å²) >= 11 is 1.73. The fourth-order valence-corrected chi connectivity index (χ4v) is 4.33. The number of ether oxygens (including phenoxy) is 2. The lowest BCUT2D eigenvalue weighted by Gasteiger charge is -2.07. The number of anilines is 1. The lowest BCUT2D eigenvalue weighted by molar-refractivity contribution is 0.112. The van der Waals surface area contributed by atoms with Crippen molar-refractivity contribution in [2.45, 2.75) is 39.7 Å². The quantitative estimate of drug-likeness (QED) is 0.273. The first-order chi connectivity index (χ1) is 15.6. The number of aldehydes is 1. The minimum atomic E-state index is 0.706. The van der Waals surface area contributed by atoms with Crippen molar-refractivity contribution in [1.82, 2.24) is 5.32 Å². The molecule has 0 unspecified atom stereocenters. The molecular formula is C26H38N2O3S. The second-order valence-electron chi connectivity index (χ2n) is 7.00. The minimum Gasteiger partial charge on any atom is -0.497 e. The van der Waals surface area contributed by atoms with Gasteiger partial charge in [-0.15, -0.1) is 17.9 Å². The molecule has 0 saturated carbocycles. The normalized spacial score (nSPS) is 11.6. The largest absolute Gasteiger partial charge is 0.497 e. The maximum Gasteiger partial charge on any atom is 0.153 e. The molecule has 176 valence electrons. The zero-order chi connectivity index (χ0) is 23.6. The summed E-state index contributed by atoms with van der Waals surface area (Å²) in [5.74, 6) is 0.855. The molecule has 1 heterocycles. The fraction of sp³-hybridized carbons (Fsp3) is 0.423. The minimum absolute atomic E-state index is 0.706. The number of allylic oxidation sites excluding steroid dienone is 1. The number of hydrogen-bond donors (Lipinski definition) is 2. The van der Waals surface area contributed by atoms with Crippen LogP contribution in [0.1, 0.15) is 46.6 Å². The van der Waals surface area contributed by atoms with Gasteiger partial charge in [0.25, 0.3) is 0 Å². The summed E-state index contributed by atoms with van der Waals surface area (Å²) in [4.78, 5) is 12.7. The third-order valence-corrected chi connectivity index (χ3v) is 5.93. The summed E-state index contributed by atoms with van der Waals surface area (Å²) in [7, 11) is 3.56. The molecule has 3 rings (SSSR count). The second-order valence-corrected chi connectivity index (χ2v) is 8.10. The van der Waals surface area contributed by atoms with E-state index in [9.17, 15) is 4.79 Å². The summed E-state index contributed by atoms with van der Waals surface area (Å²) in [6, 6.07) is 7.97. The van der Waals surface area contributed by atoms with Crippen molar-refractivity contribution < 1.29 is 14.3 Å². The molecule has 1 aliphatic rings. The van der Waals surface area contributed by atoms with E-state index in [1.807, 2.05) is 57.3 Å². The van der Waals surface area contributed by atoms with E-state index in [-0.39, 0.29) is 0 Å². The Bertz CT molecular complexity index is 830. The van der Waals surface area contributed by atoms with Crippen LogP contribution in [0.25, 0.3) is 0 Å². The van der Waals surface area contributed by atoms with Crippen LogP contribution in [0, 0.1) is 0 Å². The van der Waals surface area contributed by atoms with Crippen LogP contribution >= 0.6 is 11.3 Å². The lowest BCUT2D eigenvalue weighted by atomic mass is 10.1. The molecule has 2 N–H and O–H groups in total. The van der Waals surface area contributed by atoms with Crippen LogP contribution in [-0.2, 0) is 24.1 Å². The maximum absolute atomic E-state index is 11.3. The maximum atomic E-state index is 11.3. The van der Waals surface area contributed by atoms with E-state index >= 15 is 0 Å². The van der Waals surface area contributed by atoms with E-state index < -0.39 is 0 Å². The summed E-state index contributed by atoms with van der Waals surface area (Å²) in [6.07, 6.45) is 10.1. The first-order valence-corrected chi connectivity index (χ1v) is 11.9. The number of aryl methyl sites for hydroxylation is 1. The molecular weight excluding hydrogens is 420 g/mol. The number of fused-ring (bicyclic) bond motifs is 1. The van der Waals surface area contributed by atoms with Crippen molar-refractivity contribution in [3.63, 3.8) is 0 Å². The van der Waals surface area contributed by atoms with Crippen LogP contribution in [0.2, 0.25) is 0 Å². The van der Waals surface area contributed by atoms with Gasteiger partial charge in [-0.1, -0.05) is 30.4 Å². The van der Waals surface area contributed by atoms with Gasteiger partial charge in [-0.2, -0.15) is 0 Å². The molecule has 0 spiro atoms. The highest BCUT2D eigenvalue weighted by atomic mass is 32.1. The van der Waals surface area contributed by atoms with Crippen LogP contribution < -0.4 is 15.4 Å². The number of carbonyl (C=O) groups is 1. The van der Waals surface area contributed by atoms with Gasteiger partial charge >= 0.3 is 0 Å². The summed E-state index contributed by atoms with van der Waals surface area (Å²) in [6.45, 7) is 10.6. The van der Waals surface area contributed by atoms with Crippen LogP contribution in [0.5, 0.6) is 5.75 Å². The van der Waals surface area contributed by atoms with Gasteiger partial charge in [-0.25, -0.2) is 0 Å². The summed E-state index contributed by atoms with van der Waals surface area (Å²) < 4.78 is 10.2. The number of nitrogens with one attached hydrogen (secondary N) is 2. The number of carbonyl (C=O) groups excluding carboxylic acids is 1. The zero-order valence-corrected chi connectivity index (χ0v) is 20.7. The van der Waals surface area contributed by atoms with Gasteiger partial charge in [0.15, 0.2) is 6.29 Å². The molecule has 1 aliphatic carbocycles. The van der Waals surface area contributed by atoms with Crippen molar-refractivity contribution in [3.8, 4) is 5.75 Å². The number of hydrogen-bond acceptors (Lipinski definition) is 6. The molecule has 0 fully saturated rings. The van der Waals surface area contributed by atoms with E-state index in [2.05, 4.69) is 23.3 Å². The van der Waals surface area contributed by atoms with Crippen LogP contribution in [0.3, 0.4) is 0 Å². The van der Waals surface area contributed by atoms with Gasteiger partial charge in [-0.3, -0.25) is 4.79 Å². The fourth-order valence-electron chi connectivity index (χ4n) is 3.08. The molecule has 0 aliphatic heterocycles. The van der Waals surface area contributed by atoms with Gasteiger partial charge in [0.2, 0.25) is 0 Å². The highest BCUT2D eigenvalue weighted by molar-refractivity contribution is 7.16. The Morgan fingerprint density at radius 3 is 2.69 bits per heavy atom. The molecule has 0 radical (unpaired) electrons. The molecule has 32 heavy (non-hydrogen) atoms. The molecule has 0 atom stereocenters. The molecule has 0 amide bonds. The monoisotopic (exact) mass is 458 g/mol. The van der Waals surface area contributed by atoms with Crippen LogP contribution in [0.15, 0.2) is 49.1 Å². The van der Waals surface area contributed by atoms with E-state index in [4.69, 9.17) is 9.47 Å². The smallest absolute Gasteiger partial charge is 0.153 e. The van der Waals surface area contributed by atoms with Crippen molar-refractivity contribution in [3.05, 3.63) is 70.6 Å². The molecule has 5 nitrogen and oxygen atoms in total. The van der Waals surface area contributed by atoms with Crippen molar-refractivity contribution >= 4 is 22.6 Å². The lowest BCUT2D eigenvalue weighted by Crippen LogP contribution is -2.02. The van der Waals surface area contributed by atoms with Crippen molar-refractivity contribution in [2.75, 3.05) is 39.2 Å². The first-order valence-electron chi connectivity index (χ1n) is 11.1. The molecule has 0 saturated heterocycles. The molecule has 1 aromatic heterocycles. The predicted molar refractivity (Wildman–Crippen MR) is 137 cm³/mol. The van der Waals surface area contributed by atoms with Gasteiger partial charge in [0.05, 0.1) is 24.3 Å². The summed E-state index contributed by atoms with van der Waals surface area (Å²) in [5.41, 5.74) is 3.28. The Kier molecular flexibility index (Phi) is 14.8. The molecule has 0 bridgehead atoms. The highest BCUT2D eigenvalue weighted by Gasteiger charge is 2.21. The van der Waals surface area contributed by atoms with Crippen molar-refractivity contribution in [2.24, 2.45) is 0 Å². The van der Waals surface area contributed by atoms with Gasteiger partial charge < -0.3 is 20.1 Å². The first kappa shape index (κ1) is 27.6. The Hall–Kier alpha value is -2.41. The van der Waals surface area contributed by atoms with E-state index in [0.29, 0.717) is 6.54 Å². The Balaban J connectivity index is 0.000000355. The average molecular weight is 459 g/mol. The zero-order valence-electron chi connectivity index (χ0n) is 19.9. The average Bonchev–Trinajstić information content (AvgIpc) is 3.40. The van der Waals surface area contributed by atoms with Gasteiger partial charge in [0, 0.05) is 24.6 Å². The van der Waals surface area contributed by atoms with E-state index in [1.165, 1.54) is 16.9 Å². The predicted octanol–water partition coefficient (Wildman–Crippen LogP) is 5.66. The number of benzene rings is 1. The standard InChI is InChI=1S/C16H17NO2S.C6H12O.C4H9N/c1-19-12-5-2-4-11(8-12)9-17-16-14(10-18)13-6-3-7-15(13)20-16;1-3-5-6-7-4-2;1-3-4-5-2/h2,4-5,8,10,17H,3,6-7,9H2,1H3;3,5H,4,6H2,1-2H3;3,5H,1,4H2,2H3/b;5-3-;. The SMILES string of the molecule is C/C=C\COCC.C=CCNC.COc1cccc(CNc2sc3c(c2C=O)CCC3)c1. The van der Waals surface area contributed by atoms with Crippen LogP contribution in [-0.4, -0.2) is 40.2 Å². The summed E-state index contributed by atoms with van der Waals surface area (Å²) in [5, 5.41) is 7.30. The van der Waals surface area contributed by atoms with E-state index in [1.54, 1.807) is 18.4 Å².